The van der Waals surface area contributed by atoms with Crippen molar-refractivity contribution in [2.24, 2.45) is 5.92 Å². The van der Waals surface area contributed by atoms with Crippen LogP contribution >= 0.6 is 0 Å². The fourth-order valence-corrected chi connectivity index (χ4v) is 5.05. The summed E-state index contributed by atoms with van der Waals surface area (Å²) < 4.78 is 5.07. The van der Waals surface area contributed by atoms with Crippen LogP contribution in [0.2, 0.25) is 0 Å². The lowest BCUT2D eigenvalue weighted by atomic mass is 9.68. The second kappa shape index (κ2) is 10.5. The molecular weight excluding hydrogens is 426 g/mol. The Morgan fingerprint density at radius 3 is 1.74 bits per heavy atom. The third kappa shape index (κ3) is 4.51. The highest BCUT2D eigenvalue weighted by Gasteiger charge is 2.46. The number of benzene rings is 3. The van der Waals surface area contributed by atoms with Gasteiger partial charge in [0.25, 0.3) is 0 Å². The lowest BCUT2D eigenvalue weighted by Crippen LogP contribution is -2.55. The van der Waals surface area contributed by atoms with Crippen LogP contribution < -0.4 is 5.32 Å². The summed E-state index contributed by atoms with van der Waals surface area (Å²) in [6.45, 7) is 0. The molecule has 0 aliphatic heterocycles. The van der Waals surface area contributed by atoms with E-state index in [2.05, 4.69) is 5.32 Å². The van der Waals surface area contributed by atoms with Gasteiger partial charge in [0.05, 0.1) is 7.11 Å². The zero-order valence-electron chi connectivity index (χ0n) is 19.3. The summed E-state index contributed by atoms with van der Waals surface area (Å²) in [5, 5.41) is 3.03. The Kier molecular flexibility index (Phi) is 7.21. The standard InChI is InChI=1S/C29H29NO4/c1-34-27(32)26(21-12-11-19-25(31)20-21)30-28(33)29(22-13-5-2-6-14-22,23-15-7-3-8-16-23)24-17-9-4-10-18-24/h2-10,13-18,21,26H,11-12,19-20H2,1H3,(H,30,33)/t21-,26-/m0/s1. The molecule has 34 heavy (non-hydrogen) atoms. The second-order valence-corrected chi connectivity index (χ2v) is 8.72. The molecule has 0 aromatic heterocycles. The first-order valence-electron chi connectivity index (χ1n) is 11.6. The molecule has 1 aliphatic rings. The summed E-state index contributed by atoms with van der Waals surface area (Å²) in [5.41, 5.74) is 1.16. The van der Waals surface area contributed by atoms with E-state index < -0.39 is 17.4 Å². The monoisotopic (exact) mass is 455 g/mol. The maximum Gasteiger partial charge on any atom is 0.328 e. The molecule has 2 atom stereocenters. The van der Waals surface area contributed by atoms with E-state index in [1.807, 2.05) is 91.0 Å². The maximum atomic E-state index is 14.4. The van der Waals surface area contributed by atoms with Gasteiger partial charge in [-0.2, -0.15) is 0 Å². The van der Waals surface area contributed by atoms with Crippen molar-refractivity contribution < 1.29 is 19.1 Å². The molecule has 0 heterocycles. The van der Waals surface area contributed by atoms with Crippen LogP contribution in [0.25, 0.3) is 0 Å². The number of ketones is 1. The van der Waals surface area contributed by atoms with E-state index in [4.69, 9.17) is 4.74 Å². The molecule has 1 saturated carbocycles. The number of methoxy groups -OCH3 is 1. The molecule has 5 heteroatoms. The Morgan fingerprint density at radius 1 is 0.853 bits per heavy atom. The van der Waals surface area contributed by atoms with Crippen molar-refractivity contribution >= 4 is 17.7 Å². The Labute approximate surface area is 200 Å². The van der Waals surface area contributed by atoms with E-state index in [0.29, 0.717) is 19.3 Å². The second-order valence-electron chi connectivity index (χ2n) is 8.72. The lowest BCUT2D eigenvalue weighted by molar-refractivity contribution is -0.148. The average molecular weight is 456 g/mol. The van der Waals surface area contributed by atoms with Gasteiger partial charge in [-0.15, -0.1) is 0 Å². The largest absolute Gasteiger partial charge is 0.467 e. The van der Waals surface area contributed by atoms with Crippen molar-refractivity contribution in [3.05, 3.63) is 108 Å². The van der Waals surface area contributed by atoms with Gasteiger partial charge in [-0.05, 0) is 35.4 Å². The highest BCUT2D eigenvalue weighted by atomic mass is 16.5. The predicted octanol–water partition coefficient (Wildman–Crippen LogP) is 4.44. The van der Waals surface area contributed by atoms with E-state index in [1.165, 1.54) is 7.11 Å². The van der Waals surface area contributed by atoms with Crippen molar-refractivity contribution in [1.82, 2.24) is 5.32 Å². The van der Waals surface area contributed by atoms with Crippen LogP contribution in [0.1, 0.15) is 42.4 Å². The number of hydrogen-bond acceptors (Lipinski definition) is 4. The number of ether oxygens (including phenoxy) is 1. The number of amides is 1. The molecule has 4 rings (SSSR count). The number of esters is 1. The van der Waals surface area contributed by atoms with Gasteiger partial charge < -0.3 is 10.1 Å². The van der Waals surface area contributed by atoms with E-state index in [-0.39, 0.29) is 24.0 Å². The molecule has 0 radical (unpaired) electrons. The van der Waals surface area contributed by atoms with E-state index in [9.17, 15) is 14.4 Å². The van der Waals surface area contributed by atoms with Gasteiger partial charge in [0.2, 0.25) is 5.91 Å². The molecular formula is C29H29NO4. The zero-order valence-corrected chi connectivity index (χ0v) is 19.3. The highest BCUT2D eigenvalue weighted by molar-refractivity contribution is 5.98. The molecule has 1 fully saturated rings. The first kappa shape index (κ1) is 23.4. The first-order valence-corrected chi connectivity index (χ1v) is 11.6. The number of hydrogen-bond donors (Lipinski definition) is 1. The molecule has 1 N–H and O–H groups in total. The minimum atomic E-state index is -1.20. The summed E-state index contributed by atoms with van der Waals surface area (Å²) in [5.74, 6) is -1.04. The molecule has 5 nitrogen and oxygen atoms in total. The molecule has 3 aromatic carbocycles. The molecule has 1 amide bonds. The Hall–Kier alpha value is -3.73. The van der Waals surface area contributed by atoms with Gasteiger partial charge >= 0.3 is 5.97 Å². The third-order valence-electron chi connectivity index (χ3n) is 6.69. The molecule has 0 bridgehead atoms. The summed E-state index contributed by atoms with van der Waals surface area (Å²) in [4.78, 5) is 39.4. The van der Waals surface area contributed by atoms with Crippen LogP contribution in [0.15, 0.2) is 91.0 Å². The Balaban J connectivity index is 1.86. The molecule has 3 aromatic rings. The molecule has 0 saturated heterocycles. The van der Waals surface area contributed by atoms with Crippen LogP contribution in [-0.2, 0) is 24.5 Å². The van der Waals surface area contributed by atoms with E-state index in [0.717, 1.165) is 16.7 Å². The summed E-state index contributed by atoms with van der Waals surface area (Å²) in [6.07, 6.45) is 2.16. The summed E-state index contributed by atoms with van der Waals surface area (Å²) in [6, 6.07) is 27.8. The topological polar surface area (TPSA) is 72.5 Å². The van der Waals surface area contributed by atoms with Gasteiger partial charge in [-0.1, -0.05) is 91.0 Å². The van der Waals surface area contributed by atoms with Crippen LogP contribution in [0.5, 0.6) is 0 Å². The zero-order chi connectivity index (χ0) is 24.0. The maximum absolute atomic E-state index is 14.4. The highest BCUT2D eigenvalue weighted by Crippen LogP contribution is 2.40. The van der Waals surface area contributed by atoms with Crippen molar-refractivity contribution in [2.75, 3.05) is 7.11 Å². The van der Waals surface area contributed by atoms with Crippen molar-refractivity contribution in [2.45, 2.75) is 37.1 Å². The minimum Gasteiger partial charge on any atom is -0.467 e. The van der Waals surface area contributed by atoms with Gasteiger partial charge in [-0.3, -0.25) is 9.59 Å². The van der Waals surface area contributed by atoms with E-state index in [1.54, 1.807) is 0 Å². The van der Waals surface area contributed by atoms with Crippen LogP contribution in [-0.4, -0.2) is 30.8 Å². The molecule has 0 spiro atoms. The number of nitrogens with one attached hydrogen (secondary N) is 1. The van der Waals surface area contributed by atoms with Gasteiger partial charge in [0, 0.05) is 12.8 Å². The van der Waals surface area contributed by atoms with Gasteiger partial charge in [-0.25, -0.2) is 4.79 Å². The number of Topliss-reactive ketones (excluding diaryl/α,β-unsaturated/α-hetero) is 1. The SMILES string of the molecule is COC(=O)[C@@H](NC(=O)C(c1ccccc1)(c1ccccc1)c1ccccc1)[C@H]1CCCC(=O)C1. The van der Waals surface area contributed by atoms with Gasteiger partial charge in [0.1, 0.15) is 17.2 Å². The fourth-order valence-electron chi connectivity index (χ4n) is 5.05. The van der Waals surface area contributed by atoms with Crippen LogP contribution in [0.4, 0.5) is 0 Å². The lowest BCUT2D eigenvalue weighted by Gasteiger charge is -2.37. The fraction of sp³-hybridized carbons (Fsp3) is 0.276. The van der Waals surface area contributed by atoms with Crippen molar-refractivity contribution in [3.8, 4) is 0 Å². The van der Waals surface area contributed by atoms with Crippen molar-refractivity contribution in [1.29, 1.82) is 0 Å². The number of rotatable bonds is 7. The van der Waals surface area contributed by atoms with E-state index >= 15 is 0 Å². The quantitative estimate of drug-likeness (QED) is 0.422. The minimum absolute atomic E-state index is 0.111. The Morgan fingerprint density at radius 2 is 1.32 bits per heavy atom. The third-order valence-corrected chi connectivity index (χ3v) is 6.69. The average Bonchev–Trinajstić information content (AvgIpc) is 2.89. The number of carbonyl (C=O) groups excluding carboxylic acids is 3. The van der Waals surface area contributed by atoms with Crippen molar-refractivity contribution in [3.63, 3.8) is 0 Å². The molecule has 1 aliphatic carbocycles. The predicted molar refractivity (Wildman–Crippen MR) is 130 cm³/mol. The molecule has 174 valence electrons. The smallest absolute Gasteiger partial charge is 0.328 e. The molecule has 0 unspecified atom stereocenters. The summed E-state index contributed by atoms with van der Waals surface area (Å²) in [7, 11) is 1.31. The first-order chi connectivity index (χ1) is 16.6. The number of carbonyl (C=O) groups is 3. The summed E-state index contributed by atoms with van der Waals surface area (Å²) >= 11 is 0. The van der Waals surface area contributed by atoms with Crippen LogP contribution in [0, 0.1) is 5.92 Å². The van der Waals surface area contributed by atoms with Crippen LogP contribution in [0.3, 0.4) is 0 Å². The Bertz CT molecular complexity index is 1030. The normalized spacial score (nSPS) is 17.0. The van der Waals surface area contributed by atoms with Gasteiger partial charge in [0.15, 0.2) is 0 Å².